The van der Waals surface area contributed by atoms with Gasteiger partial charge >= 0.3 is 0 Å². The van der Waals surface area contributed by atoms with Crippen molar-refractivity contribution in [1.29, 1.82) is 16.2 Å². The van der Waals surface area contributed by atoms with Crippen LogP contribution in [0.5, 0.6) is 0 Å². The van der Waals surface area contributed by atoms with Crippen molar-refractivity contribution in [2.75, 3.05) is 12.4 Å². The Hall–Kier alpha value is -3.26. The highest BCUT2D eigenvalue weighted by atomic mass is 32.2. The van der Waals surface area contributed by atoms with Crippen molar-refractivity contribution in [3.8, 4) is 0 Å². The van der Waals surface area contributed by atoms with Crippen molar-refractivity contribution < 1.29 is 0 Å². The van der Waals surface area contributed by atoms with E-state index in [1.807, 2.05) is 31.2 Å². The van der Waals surface area contributed by atoms with Crippen LogP contribution in [0.4, 0.5) is 5.82 Å². The van der Waals surface area contributed by atoms with E-state index in [2.05, 4.69) is 20.6 Å². The number of allylic oxidation sites excluding steroid dienone is 2. The fourth-order valence-corrected chi connectivity index (χ4v) is 3.85. The second-order valence-electron chi connectivity index (χ2n) is 6.54. The molecular formula is C21H23N7S. The number of thioether (sulfide) groups is 1. The number of anilines is 1. The summed E-state index contributed by atoms with van der Waals surface area (Å²) in [7, 11) is 1.80. The number of benzene rings is 1. The van der Waals surface area contributed by atoms with Gasteiger partial charge in [-0.15, -0.1) is 0 Å². The summed E-state index contributed by atoms with van der Waals surface area (Å²) >= 11 is 1.32. The molecule has 0 fully saturated rings. The maximum Gasteiger partial charge on any atom is 0.144 e. The predicted molar refractivity (Wildman–Crippen MR) is 120 cm³/mol. The van der Waals surface area contributed by atoms with Gasteiger partial charge in [0.2, 0.25) is 0 Å². The van der Waals surface area contributed by atoms with Gasteiger partial charge in [-0.05, 0) is 42.8 Å². The average molecular weight is 406 g/mol. The largest absolute Gasteiger partial charge is 0.394 e. The van der Waals surface area contributed by atoms with E-state index in [0.717, 1.165) is 21.6 Å². The minimum absolute atomic E-state index is 0.394. The summed E-state index contributed by atoms with van der Waals surface area (Å²) in [6.07, 6.45) is 4.94. The number of nitrogens with zero attached hydrogens (tertiary/aromatic N) is 2. The van der Waals surface area contributed by atoms with E-state index in [1.54, 1.807) is 26.2 Å². The fraction of sp³-hybridized carbons (Fsp3) is 0.190. The van der Waals surface area contributed by atoms with Crippen LogP contribution in [-0.4, -0.2) is 33.5 Å². The van der Waals surface area contributed by atoms with E-state index >= 15 is 0 Å². The van der Waals surface area contributed by atoms with Gasteiger partial charge in [-0.25, -0.2) is 9.97 Å². The molecule has 0 bridgehead atoms. The van der Waals surface area contributed by atoms with Crippen molar-refractivity contribution in [1.82, 2.24) is 15.3 Å². The van der Waals surface area contributed by atoms with Crippen LogP contribution in [-0.2, 0) is 6.54 Å². The number of hydrogen-bond acceptors (Lipinski definition) is 8. The van der Waals surface area contributed by atoms with Crippen LogP contribution < -0.4 is 10.6 Å². The molecule has 0 saturated heterocycles. The van der Waals surface area contributed by atoms with Gasteiger partial charge in [0.25, 0.3) is 0 Å². The van der Waals surface area contributed by atoms with Crippen molar-refractivity contribution in [2.45, 2.75) is 25.3 Å². The quantitative estimate of drug-likeness (QED) is 0.444. The van der Waals surface area contributed by atoms with Crippen LogP contribution in [0.2, 0.25) is 0 Å². The van der Waals surface area contributed by atoms with Gasteiger partial charge in [0, 0.05) is 24.9 Å². The van der Waals surface area contributed by atoms with E-state index in [9.17, 15) is 0 Å². The minimum Gasteiger partial charge on any atom is -0.394 e. The number of aromatic nitrogens is 2. The van der Waals surface area contributed by atoms with Crippen LogP contribution in [0, 0.1) is 16.2 Å². The van der Waals surface area contributed by atoms with Crippen molar-refractivity contribution in [3.05, 3.63) is 65.3 Å². The van der Waals surface area contributed by atoms with Crippen LogP contribution in [0.15, 0.2) is 53.3 Å². The highest BCUT2D eigenvalue weighted by Gasteiger charge is 2.29. The number of rotatable bonds is 7. The standard InChI is InChI=1S/C21H23N7S/c1-12(13(2)22)17-18-19(29-20(17)24)21(28-11-27-18)26-10-14-4-6-15(7-5-14)16(23)8-9-25-3/h4-9,11,22-25H,10H2,1-3H3,(H,26,27,28)/b9-8-,17-12-,22-13?,23-16?,24-20?. The maximum absolute atomic E-state index is 8.30. The molecule has 2 aromatic rings. The average Bonchev–Trinajstić information content (AvgIpc) is 3.06. The first kappa shape index (κ1) is 20.5. The Morgan fingerprint density at radius 3 is 2.52 bits per heavy atom. The third-order valence-electron chi connectivity index (χ3n) is 4.55. The molecule has 2 heterocycles. The first-order valence-electron chi connectivity index (χ1n) is 9.06. The highest BCUT2D eigenvalue weighted by molar-refractivity contribution is 8.15. The molecule has 1 aromatic carbocycles. The Morgan fingerprint density at radius 2 is 1.86 bits per heavy atom. The Bertz CT molecular complexity index is 1040. The van der Waals surface area contributed by atoms with Crippen molar-refractivity contribution >= 4 is 39.6 Å². The van der Waals surface area contributed by atoms with Gasteiger partial charge in [-0.3, -0.25) is 5.41 Å². The van der Waals surface area contributed by atoms with Crippen LogP contribution >= 0.6 is 11.8 Å². The first-order valence-corrected chi connectivity index (χ1v) is 9.88. The second kappa shape index (κ2) is 8.83. The molecule has 8 heteroatoms. The highest BCUT2D eigenvalue weighted by Crippen LogP contribution is 2.44. The number of nitrogens with one attached hydrogen (secondary N) is 5. The van der Waals surface area contributed by atoms with Crippen molar-refractivity contribution in [3.63, 3.8) is 0 Å². The molecule has 1 aliphatic rings. The van der Waals surface area contributed by atoms with Gasteiger partial charge < -0.3 is 21.5 Å². The molecule has 5 N–H and O–H groups in total. The lowest BCUT2D eigenvalue weighted by molar-refractivity contribution is 1.03. The van der Waals surface area contributed by atoms with E-state index in [1.165, 1.54) is 18.1 Å². The smallest absolute Gasteiger partial charge is 0.144 e. The summed E-state index contributed by atoms with van der Waals surface area (Å²) in [5, 5.41) is 30.8. The number of hydrogen-bond donors (Lipinski definition) is 5. The molecule has 0 amide bonds. The third-order valence-corrected chi connectivity index (χ3v) is 5.55. The van der Waals surface area contributed by atoms with Crippen LogP contribution in [0.25, 0.3) is 5.57 Å². The molecule has 0 radical (unpaired) electrons. The molecule has 1 aliphatic heterocycles. The molecular weight excluding hydrogens is 382 g/mol. The maximum atomic E-state index is 8.30. The lowest BCUT2D eigenvalue weighted by Gasteiger charge is -2.10. The Morgan fingerprint density at radius 1 is 1.14 bits per heavy atom. The lowest BCUT2D eigenvalue weighted by atomic mass is 10.0. The Balaban J connectivity index is 1.78. The molecule has 0 atom stereocenters. The minimum atomic E-state index is 0.394. The normalized spacial score (nSPS) is 14.7. The number of fused-ring (bicyclic) bond motifs is 1. The van der Waals surface area contributed by atoms with E-state index in [-0.39, 0.29) is 0 Å². The molecule has 148 valence electrons. The van der Waals surface area contributed by atoms with Gasteiger partial charge in [0.1, 0.15) is 17.2 Å². The van der Waals surface area contributed by atoms with E-state index in [4.69, 9.17) is 16.2 Å². The summed E-state index contributed by atoms with van der Waals surface area (Å²) in [4.78, 5) is 9.54. The summed E-state index contributed by atoms with van der Waals surface area (Å²) in [6, 6.07) is 7.81. The topological polar surface area (TPSA) is 121 Å². The predicted octanol–water partition coefficient (Wildman–Crippen LogP) is 4.09. The van der Waals surface area contributed by atoms with E-state index in [0.29, 0.717) is 40.1 Å². The molecule has 3 rings (SSSR count). The van der Waals surface area contributed by atoms with Gasteiger partial charge in [0.05, 0.1) is 16.3 Å². The molecule has 0 spiro atoms. The summed E-state index contributed by atoms with van der Waals surface area (Å²) in [5.74, 6) is 0.684. The summed E-state index contributed by atoms with van der Waals surface area (Å²) in [5.41, 5.74) is 4.96. The Labute approximate surface area is 174 Å². The Kier molecular flexibility index (Phi) is 6.23. The third kappa shape index (κ3) is 4.43. The zero-order valence-corrected chi connectivity index (χ0v) is 17.4. The summed E-state index contributed by atoms with van der Waals surface area (Å²) < 4.78 is 0. The van der Waals surface area contributed by atoms with Gasteiger partial charge in [-0.2, -0.15) is 0 Å². The molecule has 0 unspecified atom stereocenters. The van der Waals surface area contributed by atoms with Crippen LogP contribution in [0.1, 0.15) is 30.7 Å². The first-order chi connectivity index (χ1) is 13.9. The fourth-order valence-electron chi connectivity index (χ4n) is 2.82. The van der Waals surface area contributed by atoms with Crippen molar-refractivity contribution in [2.24, 2.45) is 0 Å². The van der Waals surface area contributed by atoms with Gasteiger partial charge in [0.15, 0.2) is 0 Å². The monoisotopic (exact) mass is 405 g/mol. The molecule has 7 nitrogen and oxygen atoms in total. The van der Waals surface area contributed by atoms with E-state index < -0.39 is 0 Å². The molecule has 0 saturated carbocycles. The second-order valence-corrected chi connectivity index (χ2v) is 7.56. The zero-order chi connectivity index (χ0) is 21.0. The molecule has 29 heavy (non-hydrogen) atoms. The van der Waals surface area contributed by atoms with Gasteiger partial charge in [-0.1, -0.05) is 36.0 Å². The van der Waals surface area contributed by atoms with Crippen LogP contribution in [0.3, 0.4) is 0 Å². The molecule has 0 aliphatic carbocycles. The molecule has 1 aromatic heterocycles. The lowest BCUT2D eigenvalue weighted by Crippen LogP contribution is -2.05. The summed E-state index contributed by atoms with van der Waals surface area (Å²) in [6.45, 7) is 4.14. The zero-order valence-electron chi connectivity index (χ0n) is 16.6. The SMILES string of the molecule is CN/C=C\C(=N)c1ccc(CNc2ncnc3c2SC(=N)/C3=C(/C)C(C)=N)cc1.